The minimum Gasteiger partial charge on any atom is -0.350 e. The molecule has 6 heteroatoms. The lowest BCUT2D eigenvalue weighted by Gasteiger charge is -2.28. The second-order valence-corrected chi connectivity index (χ2v) is 5.54. The monoisotopic (exact) mass is 301 g/mol. The Balaban J connectivity index is 2.34. The van der Waals surface area contributed by atoms with Gasteiger partial charge in [-0.3, -0.25) is 4.79 Å². The minimum absolute atomic E-state index is 0.108. The van der Waals surface area contributed by atoms with Crippen molar-refractivity contribution in [1.29, 1.82) is 0 Å². The van der Waals surface area contributed by atoms with Gasteiger partial charge in [0.1, 0.15) is 12.7 Å². The van der Waals surface area contributed by atoms with Crippen LogP contribution in [0.4, 0.5) is 0 Å². The lowest BCUT2D eigenvalue weighted by atomic mass is 9.96. The molecule has 0 aliphatic rings. The summed E-state index contributed by atoms with van der Waals surface area (Å²) in [6.07, 6.45) is 3.93. The number of nitrogens with one attached hydrogen (secondary N) is 1. The number of aromatic nitrogens is 3. The standard InChI is InChI=1S/C16H23N5O/c1-4-14(20-16(22)12(3)17)15(21-10-18-9-19-21)13-7-5-11(2)6-8-13/h5-10,12,14-15H,4,17H2,1-3H3,(H,20,22). The lowest BCUT2D eigenvalue weighted by molar-refractivity contribution is -0.123. The van der Waals surface area contributed by atoms with E-state index < -0.39 is 6.04 Å². The summed E-state index contributed by atoms with van der Waals surface area (Å²) >= 11 is 0. The van der Waals surface area contributed by atoms with Crippen LogP contribution in [-0.4, -0.2) is 32.8 Å². The predicted octanol–water partition coefficient (Wildman–Crippen LogP) is 1.42. The molecule has 0 fully saturated rings. The third-order valence-electron chi connectivity index (χ3n) is 3.70. The van der Waals surface area contributed by atoms with Gasteiger partial charge in [0.2, 0.25) is 5.91 Å². The highest BCUT2D eigenvalue weighted by molar-refractivity contribution is 5.81. The summed E-state index contributed by atoms with van der Waals surface area (Å²) in [5, 5.41) is 7.27. The molecule has 22 heavy (non-hydrogen) atoms. The molecule has 0 radical (unpaired) electrons. The molecule has 3 atom stereocenters. The number of hydrogen-bond acceptors (Lipinski definition) is 4. The number of rotatable bonds is 6. The van der Waals surface area contributed by atoms with Gasteiger partial charge in [0, 0.05) is 0 Å². The van der Waals surface area contributed by atoms with E-state index in [4.69, 9.17) is 5.73 Å². The minimum atomic E-state index is -0.538. The zero-order valence-corrected chi connectivity index (χ0v) is 13.2. The average molecular weight is 301 g/mol. The maximum absolute atomic E-state index is 12.0. The first-order chi connectivity index (χ1) is 10.5. The van der Waals surface area contributed by atoms with Gasteiger partial charge in [-0.05, 0) is 25.8 Å². The zero-order valence-electron chi connectivity index (χ0n) is 13.2. The van der Waals surface area contributed by atoms with Gasteiger partial charge in [-0.2, -0.15) is 5.10 Å². The molecule has 0 saturated carbocycles. The molecule has 0 saturated heterocycles. The smallest absolute Gasteiger partial charge is 0.236 e. The first-order valence-electron chi connectivity index (χ1n) is 7.49. The highest BCUT2D eigenvalue weighted by atomic mass is 16.2. The molecule has 1 heterocycles. The Morgan fingerprint density at radius 1 is 1.36 bits per heavy atom. The van der Waals surface area contributed by atoms with E-state index in [1.54, 1.807) is 17.9 Å². The molecule has 1 aromatic heterocycles. The van der Waals surface area contributed by atoms with Crippen molar-refractivity contribution in [2.45, 2.75) is 45.3 Å². The van der Waals surface area contributed by atoms with Crippen molar-refractivity contribution in [3.05, 3.63) is 48.0 Å². The van der Waals surface area contributed by atoms with Crippen LogP contribution in [0.15, 0.2) is 36.9 Å². The van der Waals surface area contributed by atoms with Crippen LogP contribution < -0.4 is 11.1 Å². The third kappa shape index (κ3) is 3.71. The maximum atomic E-state index is 12.0. The van der Waals surface area contributed by atoms with Crippen LogP contribution in [0, 0.1) is 6.92 Å². The van der Waals surface area contributed by atoms with Crippen molar-refractivity contribution in [2.75, 3.05) is 0 Å². The van der Waals surface area contributed by atoms with Crippen LogP contribution in [0.1, 0.15) is 37.4 Å². The number of hydrogen-bond donors (Lipinski definition) is 2. The third-order valence-corrected chi connectivity index (χ3v) is 3.70. The van der Waals surface area contributed by atoms with E-state index in [1.807, 2.05) is 13.8 Å². The van der Waals surface area contributed by atoms with Crippen molar-refractivity contribution in [3.8, 4) is 0 Å². The summed E-state index contributed by atoms with van der Waals surface area (Å²) < 4.78 is 1.78. The van der Waals surface area contributed by atoms with Gasteiger partial charge >= 0.3 is 0 Å². The van der Waals surface area contributed by atoms with Gasteiger partial charge < -0.3 is 11.1 Å². The fourth-order valence-electron chi connectivity index (χ4n) is 2.41. The Labute approximate surface area is 130 Å². The van der Waals surface area contributed by atoms with Gasteiger partial charge in [0.05, 0.1) is 18.1 Å². The number of nitrogens with zero attached hydrogens (tertiary/aromatic N) is 3. The lowest BCUT2D eigenvalue weighted by Crippen LogP contribution is -2.47. The van der Waals surface area contributed by atoms with Crippen LogP contribution in [0.2, 0.25) is 0 Å². The second kappa shape index (κ2) is 7.17. The summed E-state index contributed by atoms with van der Waals surface area (Å²) in [5.74, 6) is -0.163. The van der Waals surface area contributed by atoms with Crippen LogP contribution in [0.3, 0.4) is 0 Å². The number of carbonyl (C=O) groups is 1. The Kier molecular flexibility index (Phi) is 5.27. The average Bonchev–Trinajstić information content (AvgIpc) is 3.02. The first kappa shape index (κ1) is 16.2. The summed E-state index contributed by atoms with van der Waals surface area (Å²) in [5.41, 5.74) is 7.93. The number of benzene rings is 1. The highest BCUT2D eigenvalue weighted by Gasteiger charge is 2.26. The molecule has 2 aromatic rings. The van der Waals surface area contributed by atoms with Crippen molar-refractivity contribution < 1.29 is 4.79 Å². The first-order valence-corrected chi connectivity index (χ1v) is 7.49. The molecule has 0 aliphatic heterocycles. The van der Waals surface area contributed by atoms with E-state index in [9.17, 15) is 4.79 Å². The van der Waals surface area contributed by atoms with Gasteiger partial charge in [-0.1, -0.05) is 36.8 Å². The normalized spacial score (nSPS) is 15.1. The number of nitrogens with two attached hydrogens (primary N) is 1. The molecule has 3 unspecified atom stereocenters. The molecule has 0 aliphatic carbocycles. The summed E-state index contributed by atoms with van der Waals surface area (Å²) in [7, 11) is 0. The summed E-state index contributed by atoms with van der Waals surface area (Å²) in [4.78, 5) is 16.0. The molecule has 118 valence electrons. The van der Waals surface area contributed by atoms with Crippen LogP contribution in [-0.2, 0) is 4.79 Å². The Morgan fingerprint density at radius 3 is 2.55 bits per heavy atom. The largest absolute Gasteiger partial charge is 0.350 e. The molecule has 0 spiro atoms. The van der Waals surface area contributed by atoms with Crippen molar-refractivity contribution in [1.82, 2.24) is 20.1 Å². The van der Waals surface area contributed by atoms with Crippen LogP contribution in [0.5, 0.6) is 0 Å². The van der Waals surface area contributed by atoms with Crippen molar-refractivity contribution in [3.63, 3.8) is 0 Å². The maximum Gasteiger partial charge on any atom is 0.236 e. The van der Waals surface area contributed by atoms with Gasteiger partial charge in [0.15, 0.2) is 0 Å². The molecule has 2 rings (SSSR count). The summed E-state index contributed by atoms with van der Waals surface area (Å²) in [6, 6.07) is 7.46. The van der Waals surface area contributed by atoms with Gasteiger partial charge in [-0.15, -0.1) is 0 Å². The van der Waals surface area contributed by atoms with Crippen molar-refractivity contribution in [2.24, 2.45) is 5.73 Å². The molecule has 1 amide bonds. The van der Waals surface area contributed by atoms with Crippen LogP contribution in [0.25, 0.3) is 0 Å². The molecule has 0 bridgehead atoms. The van der Waals surface area contributed by atoms with Gasteiger partial charge in [-0.25, -0.2) is 9.67 Å². The Bertz CT molecular complexity index is 592. The summed E-state index contributed by atoms with van der Waals surface area (Å²) in [6.45, 7) is 5.76. The predicted molar refractivity (Wildman–Crippen MR) is 85.2 cm³/mol. The molecular weight excluding hydrogens is 278 g/mol. The molecule has 1 aromatic carbocycles. The number of carbonyl (C=O) groups excluding carboxylic acids is 1. The molecule has 6 nitrogen and oxygen atoms in total. The van der Waals surface area contributed by atoms with E-state index in [0.29, 0.717) is 0 Å². The topological polar surface area (TPSA) is 85.8 Å². The molecular formula is C16H23N5O. The van der Waals surface area contributed by atoms with E-state index in [1.165, 1.54) is 11.9 Å². The fourth-order valence-corrected chi connectivity index (χ4v) is 2.41. The van der Waals surface area contributed by atoms with Gasteiger partial charge in [0.25, 0.3) is 0 Å². The van der Waals surface area contributed by atoms with Crippen molar-refractivity contribution >= 4 is 5.91 Å². The Hall–Kier alpha value is -2.21. The fraction of sp³-hybridized carbons (Fsp3) is 0.438. The van der Waals surface area contributed by atoms with E-state index in [0.717, 1.165) is 12.0 Å². The van der Waals surface area contributed by atoms with E-state index in [2.05, 4.69) is 39.7 Å². The highest BCUT2D eigenvalue weighted by Crippen LogP contribution is 2.23. The van der Waals surface area contributed by atoms with Crippen LogP contribution >= 0.6 is 0 Å². The quantitative estimate of drug-likeness (QED) is 0.845. The van der Waals surface area contributed by atoms with E-state index in [-0.39, 0.29) is 18.0 Å². The second-order valence-electron chi connectivity index (χ2n) is 5.54. The SMILES string of the molecule is CCC(NC(=O)C(C)N)C(c1ccc(C)cc1)n1cncn1. The molecule has 3 N–H and O–H groups in total. The number of aryl methyl sites for hydroxylation is 1. The number of amides is 1. The van der Waals surface area contributed by atoms with E-state index >= 15 is 0 Å². The zero-order chi connectivity index (χ0) is 16.1. The Morgan fingerprint density at radius 2 is 2.05 bits per heavy atom.